The summed E-state index contributed by atoms with van der Waals surface area (Å²) < 4.78 is 0. The monoisotopic (exact) mass is 242 g/mol. The van der Waals surface area contributed by atoms with Gasteiger partial charge in [0, 0.05) is 0 Å². The minimum Gasteiger partial charge on any atom is -0.103 e. The zero-order valence-electron chi connectivity index (χ0n) is 11.4. The van der Waals surface area contributed by atoms with Crippen molar-refractivity contribution in [2.24, 2.45) is 23.7 Å². The van der Waals surface area contributed by atoms with Crippen molar-refractivity contribution < 1.29 is 0 Å². The summed E-state index contributed by atoms with van der Waals surface area (Å²) in [4.78, 5) is 0. The van der Waals surface area contributed by atoms with Crippen LogP contribution in [0.4, 0.5) is 0 Å². The summed E-state index contributed by atoms with van der Waals surface area (Å²) >= 11 is 0. The van der Waals surface area contributed by atoms with Crippen LogP contribution in [0.1, 0.15) is 38.5 Å². The second kappa shape index (κ2) is 6.78. The van der Waals surface area contributed by atoms with E-state index < -0.39 is 0 Å². The van der Waals surface area contributed by atoms with Crippen molar-refractivity contribution in [3.05, 3.63) is 49.6 Å². The molecule has 3 rings (SSSR count). The molecule has 0 aliphatic heterocycles. The molecule has 0 radical (unpaired) electrons. The minimum absolute atomic E-state index is 0.841. The van der Waals surface area contributed by atoms with Crippen LogP contribution in [0, 0.1) is 23.7 Å². The van der Waals surface area contributed by atoms with Gasteiger partial charge in [-0.3, -0.25) is 0 Å². The Morgan fingerprint density at radius 2 is 1.22 bits per heavy atom. The zero-order chi connectivity index (χ0) is 12.8. The van der Waals surface area contributed by atoms with Gasteiger partial charge in [-0.05, 0) is 62.2 Å². The van der Waals surface area contributed by atoms with E-state index in [0.717, 1.165) is 36.5 Å². The fraction of sp³-hybridized carbons (Fsp3) is 0.556. The standard InChI is InChI=1S/C18H26/c1-3-5-7-9-15-13-18-12-11-17(15)14-16(18)10-8-6-4-2/h3-4,7-10,15-18H,1-2,5-6,11-14H2. The second-order valence-electron chi connectivity index (χ2n) is 5.80. The second-order valence-corrected chi connectivity index (χ2v) is 5.80. The van der Waals surface area contributed by atoms with Crippen LogP contribution >= 0.6 is 0 Å². The molecule has 4 unspecified atom stereocenters. The molecule has 3 saturated carbocycles. The summed E-state index contributed by atoms with van der Waals surface area (Å²) in [5.41, 5.74) is 0. The van der Waals surface area contributed by atoms with Crippen molar-refractivity contribution >= 4 is 0 Å². The van der Waals surface area contributed by atoms with Crippen LogP contribution in [0.2, 0.25) is 0 Å². The molecule has 0 aromatic carbocycles. The van der Waals surface area contributed by atoms with Gasteiger partial charge in [0.1, 0.15) is 0 Å². The first-order chi connectivity index (χ1) is 8.85. The van der Waals surface area contributed by atoms with Gasteiger partial charge in [0.05, 0.1) is 0 Å². The van der Waals surface area contributed by atoms with Gasteiger partial charge >= 0.3 is 0 Å². The van der Waals surface area contributed by atoms with Crippen molar-refractivity contribution in [3.63, 3.8) is 0 Å². The molecular weight excluding hydrogens is 216 g/mol. The first-order valence-corrected chi connectivity index (χ1v) is 7.40. The van der Waals surface area contributed by atoms with E-state index in [0.29, 0.717) is 0 Å². The molecule has 0 heteroatoms. The minimum atomic E-state index is 0.841. The normalized spacial score (nSPS) is 35.3. The number of hydrogen-bond acceptors (Lipinski definition) is 0. The molecule has 0 spiro atoms. The number of rotatable bonds is 6. The molecule has 0 nitrogen and oxygen atoms in total. The van der Waals surface area contributed by atoms with Gasteiger partial charge in [0.25, 0.3) is 0 Å². The summed E-state index contributed by atoms with van der Waals surface area (Å²) in [5.74, 6) is 3.53. The van der Waals surface area contributed by atoms with Gasteiger partial charge in [0.2, 0.25) is 0 Å². The summed E-state index contributed by atoms with van der Waals surface area (Å²) in [7, 11) is 0. The summed E-state index contributed by atoms with van der Waals surface area (Å²) in [6.07, 6.45) is 21.2. The van der Waals surface area contributed by atoms with Gasteiger partial charge in [-0.2, -0.15) is 0 Å². The van der Waals surface area contributed by atoms with E-state index in [1.54, 1.807) is 0 Å². The molecule has 0 saturated heterocycles. The Hall–Kier alpha value is -1.04. The molecule has 0 heterocycles. The molecule has 3 aliphatic rings. The molecule has 4 atom stereocenters. The van der Waals surface area contributed by atoms with Crippen LogP contribution in [-0.2, 0) is 0 Å². The highest BCUT2D eigenvalue weighted by Gasteiger charge is 2.39. The third-order valence-electron chi connectivity index (χ3n) is 4.64. The maximum atomic E-state index is 3.78. The molecule has 2 bridgehead atoms. The number of fused-ring (bicyclic) bond motifs is 3. The Bertz CT molecular complexity index is 300. The maximum Gasteiger partial charge on any atom is -0.0172 e. The number of allylic oxidation sites excluding steroid dienone is 6. The van der Waals surface area contributed by atoms with Gasteiger partial charge in [-0.25, -0.2) is 0 Å². The van der Waals surface area contributed by atoms with E-state index in [1.165, 1.54) is 25.7 Å². The zero-order valence-corrected chi connectivity index (χ0v) is 11.4. The van der Waals surface area contributed by atoms with Crippen LogP contribution in [-0.4, -0.2) is 0 Å². The average molecular weight is 242 g/mol. The molecule has 18 heavy (non-hydrogen) atoms. The molecule has 98 valence electrons. The molecule has 0 amide bonds. The molecule has 3 aliphatic carbocycles. The average Bonchev–Trinajstić information content (AvgIpc) is 2.41. The lowest BCUT2D eigenvalue weighted by Gasteiger charge is -2.45. The highest BCUT2D eigenvalue weighted by atomic mass is 14.4. The van der Waals surface area contributed by atoms with Gasteiger partial charge < -0.3 is 0 Å². The van der Waals surface area contributed by atoms with E-state index in [9.17, 15) is 0 Å². The Morgan fingerprint density at radius 1 is 0.778 bits per heavy atom. The maximum absolute atomic E-state index is 3.78. The van der Waals surface area contributed by atoms with Crippen LogP contribution in [0.15, 0.2) is 49.6 Å². The van der Waals surface area contributed by atoms with Crippen molar-refractivity contribution in [3.8, 4) is 0 Å². The van der Waals surface area contributed by atoms with E-state index in [4.69, 9.17) is 0 Å². The smallest absolute Gasteiger partial charge is 0.0172 e. The topological polar surface area (TPSA) is 0 Å². The third kappa shape index (κ3) is 3.25. The highest BCUT2D eigenvalue weighted by Crippen LogP contribution is 2.49. The molecule has 3 fully saturated rings. The van der Waals surface area contributed by atoms with E-state index in [-0.39, 0.29) is 0 Å². The molecule has 0 N–H and O–H groups in total. The lowest BCUT2D eigenvalue weighted by Crippen LogP contribution is -2.36. The fourth-order valence-corrected chi connectivity index (χ4v) is 3.70. The molecule has 0 aromatic rings. The Labute approximate surface area is 112 Å². The fourth-order valence-electron chi connectivity index (χ4n) is 3.70. The van der Waals surface area contributed by atoms with E-state index in [2.05, 4.69) is 37.5 Å². The summed E-state index contributed by atoms with van der Waals surface area (Å²) in [6.45, 7) is 7.55. The lowest BCUT2D eigenvalue weighted by atomic mass is 9.60. The number of hydrogen-bond donors (Lipinski definition) is 0. The molecular formula is C18H26. The van der Waals surface area contributed by atoms with Crippen LogP contribution < -0.4 is 0 Å². The van der Waals surface area contributed by atoms with Crippen molar-refractivity contribution in [1.29, 1.82) is 0 Å². The molecule has 0 aromatic heterocycles. The van der Waals surface area contributed by atoms with Gasteiger partial charge in [-0.15, -0.1) is 13.2 Å². The van der Waals surface area contributed by atoms with E-state index in [1.807, 2.05) is 12.2 Å². The van der Waals surface area contributed by atoms with Crippen molar-refractivity contribution in [1.82, 2.24) is 0 Å². The first kappa shape index (κ1) is 13.4. The van der Waals surface area contributed by atoms with Gasteiger partial charge in [-0.1, -0.05) is 36.5 Å². The SMILES string of the molecule is C=CCC=CC1CC2CCC1CC2C=CCC=C. The first-order valence-electron chi connectivity index (χ1n) is 7.40. The highest BCUT2D eigenvalue weighted by molar-refractivity contribution is 5.06. The summed E-state index contributed by atoms with van der Waals surface area (Å²) in [5, 5.41) is 0. The third-order valence-corrected chi connectivity index (χ3v) is 4.64. The van der Waals surface area contributed by atoms with Crippen molar-refractivity contribution in [2.75, 3.05) is 0 Å². The quantitative estimate of drug-likeness (QED) is 0.554. The van der Waals surface area contributed by atoms with Gasteiger partial charge in [0.15, 0.2) is 0 Å². The lowest BCUT2D eigenvalue weighted by molar-refractivity contribution is 0.0869. The predicted molar refractivity (Wildman–Crippen MR) is 80.3 cm³/mol. The summed E-state index contributed by atoms with van der Waals surface area (Å²) in [6, 6.07) is 0. The van der Waals surface area contributed by atoms with Crippen LogP contribution in [0.5, 0.6) is 0 Å². The van der Waals surface area contributed by atoms with Crippen molar-refractivity contribution in [2.45, 2.75) is 38.5 Å². The van der Waals surface area contributed by atoms with Crippen LogP contribution in [0.3, 0.4) is 0 Å². The van der Waals surface area contributed by atoms with Crippen LogP contribution in [0.25, 0.3) is 0 Å². The Kier molecular flexibility index (Phi) is 5.04. The largest absolute Gasteiger partial charge is 0.103 e. The predicted octanol–water partition coefficient (Wildman–Crippen LogP) is 5.30. The Morgan fingerprint density at radius 3 is 1.56 bits per heavy atom. The van der Waals surface area contributed by atoms with E-state index >= 15 is 0 Å². The Balaban J connectivity index is 1.90.